The zero-order valence-corrected chi connectivity index (χ0v) is 20.5. The molecule has 0 aliphatic heterocycles. The summed E-state index contributed by atoms with van der Waals surface area (Å²) in [6.07, 6.45) is -0.0488. The van der Waals surface area contributed by atoms with E-state index in [1.54, 1.807) is 24.3 Å². The van der Waals surface area contributed by atoms with Crippen molar-refractivity contribution in [2.75, 3.05) is 28.4 Å². The predicted octanol–water partition coefficient (Wildman–Crippen LogP) is 1.65. The number of hydrogen-bond acceptors (Lipinski definition) is 10. The third kappa shape index (κ3) is 3.76. The maximum atomic E-state index is 13.2. The fourth-order valence-electron chi connectivity index (χ4n) is 5.42. The number of aliphatic hydroxyl groups is 2. The van der Waals surface area contributed by atoms with Crippen LogP contribution in [0, 0.1) is 23.7 Å². The zero-order chi connectivity index (χ0) is 25.4. The molecule has 0 unspecified atom stereocenters. The normalized spacial score (nSPS) is 30.2. The van der Waals surface area contributed by atoms with Gasteiger partial charge in [-0.05, 0) is 18.1 Å². The highest BCUT2D eigenvalue weighted by Gasteiger charge is 2.71. The first-order valence-corrected chi connectivity index (χ1v) is 11.1. The van der Waals surface area contributed by atoms with Gasteiger partial charge in [-0.25, -0.2) is 4.79 Å². The molecule has 0 spiro atoms. The minimum atomic E-state index is -2.56. The molecule has 2 aliphatic rings. The van der Waals surface area contributed by atoms with Gasteiger partial charge in [0.05, 0.1) is 45.8 Å². The number of benzene rings is 1. The van der Waals surface area contributed by atoms with E-state index >= 15 is 0 Å². The lowest BCUT2D eigenvalue weighted by Crippen LogP contribution is -2.68. The van der Waals surface area contributed by atoms with Crippen LogP contribution in [0.2, 0.25) is 0 Å². The molecule has 1 aromatic carbocycles. The van der Waals surface area contributed by atoms with Crippen LogP contribution in [-0.2, 0) is 38.1 Å². The van der Waals surface area contributed by atoms with Crippen LogP contribution in [0.1, 0.15) is 17.9 Å². The van der Waals surface area contributed by atoms with E-state index in [2.05, 4.69) is 15.9 Å². The van der Waals surface area contributed by atoms with E-state index in [0.29, 0.717) is 10.0 Å². The summed E-state index contributed by atoms with van der Waals surface area (Å²) in [7, 11) is 4.27. The van der Waals surface area contributed by atoms with Gasteiger partial charge in [0.2, 0.25) is 0 Å². The molecule has 6 atom stereocenters. The van der Waals surface area contributed by atoms with Crippen LogP contribution in [0.5, 0.6) is 0 Å². The van der Waals surface area contributed by atoms with Gasteiger partial charge in [0.25, 0.3) is 0 Å². The maximum Gasteiger partial charge on any atom is 0.337 e. The van der Waals surface area contributed by atoms with E-state index in [1.807, 2.05) is 0 Å². The summed E-state index contributed by atoms with van der Waals surface area (Å²) in [6, 6.07) is 6.89. The highest BCUT2D eigenvalue weighted by atomic mass is 79.9. The van der Waals surface area contributed by atoms with Gasteiger partial charge >= 0.3 is 23.9 Å². The number of ether oxygens (including phenoxy) is 4. The van der Waals surface area contributed by atoms with Crippen LogP contribution in [0.25, 0.3) is 0 Å². The molecule has 2 bridgehead atoms. The molecule has 184 valence electrons. The number of carbonyl (C=O) groups excluding carboxylic acids is 4. The second-order valence-electron chi connectivity index (χ2n) is 8.11. The molecule has 10 nitrogen and oxygen atoms in total. The predicted molar refractivity (Wildman–Crippen MR) is 118 cm³/mol. The van der Waals surface area contributed by atoms with Gasteiger partial charge in [-0.3, -0.25) is 14.4 Å². The molecule has 0 radical (unpaired) electrons. The van der Waals surface area contributed by atoms with Gasteiger partial charge in [0.15, 0.2) is 0 Å². The molecule has 0 heterocycles. The number of halogens is 1. The van der Waals surface area contributed by atoms with Crippen LogP contribution in [0.15, 0.2) is 40.1 Å². The molecular weight excluding hydrogens is 516 g/mol. The Hall–Kier alpha value is -2.92. The second-order valence-corrected chi connectivity index (χ2v) is 8.96. The molecule has 1 fully saturated rings. The first-order valence-electron chi connectivity index (χ1n) is 10.3. The van der Waals surface area contributed by atoms with Crippen LogP contribution < -0.4 is 0 Å². The SMILES string of the molecule is COC(=O)C1=C(O)[C@H](C(=O)OC)[C@@]2(O)[C@@H](C(=O)OC)[C@H]1C[C@@H](c1ccccc1Br)[C@@H]2C(=O)OC. The highest BCUT2D eigenvalue weighted by Crippen LogP contribution is 2.60. The summed E-state index contributed by atoms with van der Waals surface area (Å²) in [5.74, 6) is -11.9. The Labute approximate surface area is 203 Å². The summed E-state index contributed by atoms with van der Waals surface area (Å²) < 4.78 is 20.1. The second kappa shape index (κ2) is 9.75. The topological polar surface area (TPSA) is 146 Å². The molecule has 3 rings (SSSR count). The molecule has 0 amide bonds. The molecule has 11 heteroatoms. The van der Waals surface area contributed by atoms with Crippen molar-refractivity contribution in [2.45, 2.75) is 17.9 Å². The fraction of sp³-hybridized carbons (Fsp3) is 0.478. The van der Waals surface area contributed by atoms with Crippen LogP contribution in [0.3, 0.4) is 0 Å². The van der Waals surface area contributed by atoms with Gasteiger partial charge in [-0.2, -0.15) is 0 Å². The summed E-state index contributed by atoms with van der Waals surface area (Å²) >= 11 is 3.44. The minimum Gasteiger partial charge on any atom is -0.511 e. The van der Waals surface area contributed by atoms with E-state index in [0.717, 1.165) is 28.4 Å². The molecule has 1 aromatic rings. The lowest BCUT2D eigenvalue weighted by atomic mass is 9.49. The van der Waals surface area contributed by atoms with Crippen LogP contribution >= 0.6 is 15.9 Å². The first-order chi connectivity index (χ1) is 16.1. The third-order valence-corrected chi connectivity index (χ3v) is 7.47. The standard InChI is InChI=1S/C23H25BrO10/c1-31-19(26)14-12-9-11(10-7-5-6-8-13(10)24)15(20(27)32-2)23(30,16(12)21(28)33-3)17(18(14)25)22(29)34-4/h5-8,11-12,15-17,25,30H,9H2,1-4H3/t11-,12-,15+,16+,17+,23-/m0/s1. The Morgan fingerprint density at radius 3 is 1.91 bits per heavy atom. The van der Waals surface area contributed by atoms with E-state index in [1.165, 1.54) is 0 Å². The smallest absolute Gasteiger partial charge is 0.337 e. The van der Waals surface area contributed by atoms with Gasteiger partial charge in [0.1, 0.15) is 17.3 Å². The van der Waals surface area contributed by atoms with Crippen molar-refractivity contribution in [3.05, 3.63) is 45.6 Å². The van der Waals surface area contributed by atoms with E-state index in [4.69, 9.17) is 18.9 Å². The summed E-state index contributed by atoms with van der Waals surface area (Å²) in [5, 5.41) is 23.3. The van der Waals surface area contributed by atoms with Crippen molar-refractivity contribution < 1.29 is 48.3 Å². The van der Waals surface area contributed by atoms with Crippen molar-refractivity contribution in [2.24, 2.45) is 23.7 Å². The van der Waals surface area contributed by atoms with Crippen molar-refractivity contribution in [1.82, 2.24) is 0 Å². The molecule has 34 heavy (non-hydrogen) atoms. The van der Waals surface area contributed by atoms with Gasteiger partial charge < -0.3 is 29.2 Å². The van der Waals surface area contributed by atoms with Crippen molar-refractivity contribution in [1.29, 1.82) is 0 Å². The van der Waals surface area contributed by atoms with E-state index in [9.17, 15) is 29.4 Å². The quantitative estimate of drug-likeness (QED) is 0.417. The Kier molecular flexibility index (Phi) is 7.37. The number of carbonyl (C=O) groups is 4. The highest BCUT2D eigenvalue weighted by molar-refractivity contribution is 9.10. The molecule has 2 N–H and O–H groups in total. The Morgan fingerprint density at radius 1 is 0.882 bits per heavy atom. The average molecular weight is 541 g/mol. The minimum absolute atomic E-state index is 0.0488. The Bertz CT molecular complexity index is 1050. The largest absolute Gasteiger partial charge is 0.511 e. The van der Waals surface area contributed by atoms with Gasteiger partial charge in [-0.15, -0.1) is 0 Å². The summed E-state index contributed by atoms with van der Waals surface area (Å²) in [4.78, 5) is 51.9. The number of hydrogen-bond donors (Lipinski definition) is 2. The number of methoxy groups -OCH3 is 4. The first kappa shape index (κ1) is 25.7. The van der Waals surface area contributed by atoms with Crippen molar-refractivity contribution in [3.8, 4) is 0 Å². The average Bonchev–Trinajstić information content (AvgIpc) is 2.82. The lowest BCUT2D eigenvalue weighted by molar-refractivity contribution is -0.208. The molecular formula is C23H25BrO10. The molecule has 0 aromatic heterocycles. The lowest BCUT2D eigenvalue weighted by Gasteiger charge is -2.55. The zero-order valence-electron chi connectivity index (χ0n) is 18.9. The number of aliphatic hydroxyl groups excluding tert-OH is 1. The maximum absolute atomic E-state index is 13.2. The summed E-state index contributed by atoms with van der Waals surface area (Å²) in [6.45, 7) is 0. The fourth-order valence-corrected chi connectivity index (χ4v) is 6.00. The van der Waals surface area contributed by atoms with E-state index in [-0.39, 0.29) is 12.0 Å². The van der Waals surface area contributed by atoms with Crippen LogP contribution in [0.4, 0.5) is 0 Å². The van der Waals surface area contributed by atoms with Gasteiger partial charge in [0, 0.05) is 16.3 Å². The number of fused-ring (bicyclic) bond motifs is 2. The van der Waals surface area contributed by atoms with Crippen molar-refractivity contribution >= 4 is 39.8 Å². The van der Waals surface area contributed by atoms with E-state index < -0.39 is 64.8 Å². The van der Waals surface area contributed by atoms with Gasteiger partial charge in [-0.1, -0.05) is 34.1 Å². The third-order valence-electron chi connectivity index (χ3n) is 6.75. The molecule has 0 saturated heterocycles. The monoisotopic (exact) mass is 540 g/mol. The number of rotatable bonds is 5. The Morgan fingerprint density at radius 2 is 1.41 bits per heavy atom. The van der Waals surface area contributed by atoms with Crippen LogP contribution in [-0.4, -0.2) is 68.1 Å². The molecule has 1 saturated carbocycles. The summed E-state index contributed by atoms with van der Waals surface area (Å²) in [5.41, 5.74) is -2.35. The number of esters is 4. The molecule has 2 aliphatic carbocycles. The Balaban J connectivity index is 2.43. The van der Waals surface area contributed by atoms with Crippen molar-refractivity contribution in [3.63, 3.8) is 0 Å².